The Bertz CT molecular complexity index is 453. The lowest BCUT2D eigenvalue weighted by Gasteiger charge is -2.06. The molecule has 0 spiro atoms. The first-order valence-corrected chi connectivity index (χ1v) is 4.64. The highest BCUT2D eigenvalue weighted by Crippen LogP contribution is 2.08. The van der Waals surface area contributed by atoms with Gasteiger partial charge in [-0.15, -0.1) is 0 Å². The van der Waals surface area contributed by atoms with Gasteiger partial charge in [-0.05, 0) is 17.7 Å². The average molecular weight is 206 g/mol. The largest absolute Gasteiger partial charge is 0.390 e. The molecule has 1 heterocycles. The molecule has 15 heavy (non-hydrogen) atoms. The molecule has 0 fully saturated rings. The molecule has 0 atom stereocenters. The van der Waals surface area contributed by atoms with Gasteiger partial charge in [-0.3, -0.25) is 0 Å². The van der Waals surface area contributed by atoms with Crippen molar-refractivity contribution in [3.8, 4) is 0 Å². The Balaban J connectivity index is 2.22. The molecule has 0 aliphatic heterocycles. The van der Waals surface area contributed by atoms with Crippen LogP contribution in [0.1, 0.15) is 11.3 Å². The molecule has 2 aromatic rings. The van der Waals surface area contributed by atoms with E-state index < -0.39 is 0 Å². The molecule has 0 saturated heterocycles. The zero-order valence-corrected chi connectivity index (χ0v) is 8.10. The minimum atomic E-state index is -0.252. The first-order chi connectivity index (χ1) is 7.29. The molecule has 0 radical (unpaired) electrons. The minimum Gasteiger partial charge on any atom is -0.390 e. The Labute approximate surface area is 86.8 Å². The summed E-state index contributed by atoms with van der Waals surface area (Å²) in [5, 5.41) is 9.01. The summed E-state index contributed by atoms with van der Waals surface area (Å²) in [6.45, 7) is 0.461. The van der Waals surface area contributed by atoms with Gasteiger partial charge in [0.1, 0.15) is 5.82 Å². The van der Waals surface area contributed by atoms with Crippen molar-refractivity contribution in [2.45, 2.75) is 13.2 Å². The third kappa shape index (κ3) is 2.22. The van der Waals surface area contributed by atoms with Crippen LogP contribution in [0.4, 0.5) is 4.39 Å². The van der Waals surface area contributed by atoms with Crippen LogP contribution in [0.25, 0.3) is 0 Å². The summed E-state index contributed by atoms with van der Waals surface area (Å²) in [5.74, 6) is -0.252. The number of aliphatic hydroxyl groups is 1. The standard InChI is InChI=1S/C11H11FN2O/c12-10-3-1-2-9(4-10)6-14-8-13-5-11(14)7-15/h1-5,8,15H,6-7H2. The zero-order chi connectivity index (χ0) is 10.7. The van der Waals surface area contributed by atoms with Crippen molar-refractivity contribution in [2.24, 2.45) is 0 Å². The van der Waals surface area contributed by atoms with Crippen LogP contribution in [0.5, 0.6) is 0 Å². The van der Waals surface area contributed by atoms with Crippen molar-refractivity contribution in [3.63, 3.8) is 0 Å². The predicted molar refractivity (Wildman–Crippen MR) is 53.7 cm³/mol. The molecule has 1 N–H and O–H groups in total. The van der Waals surface area contributed by atoms with E-state index in [9.17, 15) is 4.39 Å². The molecule has 1 aromatic carbocycles. The first-order valence-electron chi connectivity index (χ1n) is 4.64. The molecule has 0 amide bonds. The van der Waals surface area contributed by atoms with Crippen LogP contribution in [0, 0.1) is 5.82 Å². The number of hydrogen-bond donors (Lipinski definition) is 1. The van der Waals surface area contributed by atoms with Crippen molar-refractivity contribution >= 4 is 0 Å². The van der Waals surface area contributed by atoms with Crippen LogP contribution < -0.4 is 0 Å². The van der Waals surface area contributed by atoms with Gasteiger partial charge >= 0.3 is 0 Å². The number of aromatic nitrogens is 2. The normalized spacial score (nSPS) is 10.5. The molecule has 0 saturated carbocycles. The van der Waals surface area contributed by atoms with E-state index in [1.165, 1.54) is 12.1 Å². The highest BCUT2D eigenvalue weighted by molar-refractivity contribution is 5.17. The minimum absolute atomic E-state index is 0.0602. The molecule has 2 rings (SSSR count). The smallest absolute Gasteiger partial charge is 0.123 e. The SMILES string of the molecule is OCc1cncn1Cc1cccc(F)c1. The molecule has 3 nitrogen and oxygen atoms in total. The molecule has 0 aliphatic rings. The predicted octanol–water partition coefficient (Wildman–Crippen LogP) is 1.56. The van der Waals surface area contributed by atoms with Crippen LogP contribution in [0.15, 0.2) is 36.8 Å². The van der Waals surface area contributed by atoms with Gasteiger partial charge in [-0.25, -0.2) is 9.37 Å². The topological polar surface area (TPSA) is 38.1 Å². The second-order valence-corrected chi connectivity index (χ2v) is 3.30. The van der Waals surface area contributed by atoms with E-state index in [0.29, 0.717) is 6.54 Å². The monoisotopic (exact) mass is 206 g/mol. The van der Waals surface area contributed by atoms with E-state index in [1.54, 1.807) is 23.2 Å². The lowest BCUT2D eigenvalue weighted by molar-refractivity contribution is 0.271. The number of imidazole rings is 1. The van der Waals surface area contributed by atoms with Gasteiger partial charge in [0.2, 0.25) is 0 Å². The van der Waals surface area contributed by atoms with Gasteiger partial charge in [0.05, 0.1) is 24.8 Å². The summed E-state index contributed by atoms with van der Waals surface area (Å²) in [7, 11) is 0. The van der Waals surface area contributed by atoms with Gasteiger partial charge < -0.3 is 9.67 Å². The number of hydrogen-bond acceptors (Lipinski definition) is 2. The maximum absolute atomic E-state index is 12.9. The van der Waals surface area contributed by atoms with E-state index in [4.69, 9.17) is 5.11 Å². The second-order valence-electron chi connectivity index (χ2n) is 3.30. The molecule has 0 unspecified atom stereocenters. The quantitative estimate of drug-likeness (QED) is 0.827. The van der Waals surface area contributed by atoms with Crippen LogP contribution in [0.3, 0.4) is 0 Å². The van der Waals surface area contributed by atoms with Gasteiger partial charge in [0.25, 0.3) is 0 Å². The fourth-order valence-corrected chi connectivity index (χ4v) is 1.45. The van der Waals surface area contributed by atoms with E-state index in [-0.39, 0.29) is 12.4 Å². The average Bonchev–Trinajstić information content (AvgIpc) is 2.65. The maximum atomic E-state index is 12.9. The van der Waals surface area contributed by atoms with Crippen molar-refractivity contribution in [1.82, 2.24) is 9.55 Å². The number of rotatable bonds is 3. The summed E-state index contributed by atoms with van der Waals surface area (Å²) in [5.41, 5.74) is 1.57. The van der Waals surface area contributed by atoms with E-state index in [2.05, 4.69) is 4.98 Å². The fourth-order valence-electron chi connectivity index (χ4n) is 1.45. The number of nitrogens with zero attached hydrogens (tertiary/aromatic N) is 2. The van der Waals surface area contributed by atoms with Crippen LogP contribution >= 0.6 is 0 Å². The van der Waals surface area contributed by atoms with Gasteiger partial charge in [0.15, 0.2) is 0 Å². The summed E-state index contributed by atoms with van der Waals surface area (Å²) in [6.07, 6.45) is 3.22. The molecular weight excluding hydrogens is 195 g/mol. The Kier molecular flexibility index (Phi) is 2.78. The second kappa shape index (κ2) is 4.23. The molecular formula is C11H11FN2O. The molecule has 4 heteroatoms. The first kappa shape index (κ1) is 9.86. The third-order valence-corrected chi connectivity index (χ3v) is 2.20. The van der Waals surface area contributed by atoms with E-state index >= 15 is 0 Å². The molecule has 0 aliphatic carbocycles. The van der Waals surface area contributed by atoms with Crippen LogP contribution in [-0.4, -0.2) is 14.7 Å². The highest BCUT2D eigenvalue weighted by atomic mass is 19.1. The van der Waals surface area contributed by atoms with Crippen molar-refractivity contribution < 1.29 is 9.50 Å². The van der Waals surface area contributed by atoms with Crippen LogP contribution in [-0.2, 0) is 13.2 Å². The van der Waals surface area contributed by atoms with Crippen molar-refractivity contribution in [1.29, 1.82) is 0 Å². The summed E-state index contributed by atoms with van der Waals surface area (Å²) < 4.78 is 14.7. The van der Waals surface area contributed by atoms with Crippen molar-refractivity contribution in [2.75, 3.05) is 0 Å². The summed E-state index contributed by atoms with van der Waals surface area (Å²) in [6, 6.07) is 6.38. The molecule has 1 aromatic heterocycles. The van der Waals surface area contributed by atoms with Gasteiger partial charge in [-0.2, -0.15) is 0 Å². The van der Waals surface area contributed by atoms with Crippen molar-refractivity contribution in [3.05, 3.63) is 53.9 Å². The third-order valence-electron chi connectivity index (χ3n) is 2.20. The summed E-state index contributed by atoms with van der Waals surface area (Å²) in [4.78, 5) is 3.92. The number of benzene rings is 1. The molecule has 0 bridgehead atoms. The Morgan fingerprint density at radius 1 is 1.40 bits per heavy atom. The Morgan fingerprint density at radius 2 is 2.27 bits per heavy atom. The van der Waals surface area contributed by atoms with Gasteiger partial charge in [0, 0.05) is 6.54 Å². The molecule has 78 valence electrons. The number of halogens is 1. The van der Waals surface area contributed by atoms with E-state index in [1.807, 2.05) is 6.07 Å². The summed E-state index contributed by atoms with van der Waals surface area (Å²) >= 11 is 0. The Hall–Kier alpha value is -1.68. The maximum Gasteiger partial charge on any atom is 0.123 e. The highest BCUT2D eigenvalue weighted by Gasteiger charge is 2.01. The van der Waals surface area contributed by atoms with E-state index in [0.717, 1.165) is 11.3 Å². The number of aliphatic hydroxyl groups excluding tert-OH is 1. The lowest BCUT2D eigenvalue weighted by Crippen LogP contribution is -2.03. The van der Waals surface area contributed by atoms with Crippen LogP contribution in [0.2, 0.25) is 0 Å². The Morgan fingerprint density at radius 3 is 3.00 bits per heavy atom. The zero-order valence-electron chi connectivity index (χ0n) is 8.10. The fraction of sp³-hybridized carbons (Fsp3) is 0.182. The lowest BCUT2D eigenvalue weighted by atomic mass is 10.2. The van der Waals surface area contributed by atoms with Gasteiger partial charge in [-0.1, -0.05) is 12.1 Å².